The first-order valence-electron chi connectivity index (χ1n) is 7.17. The molecule has 20 heavy (non-hydrogen) atoms. The minimum atomic E-state index is -0.477. The predicted octanol–water partition coefficient (Wildman–Crippen LogP) is 3.94. The maximum Gasteiger partial charge on any atom is 0.229 e. The largest absolute Gasteiger partial charge is 0.302 e. The number of amides is 1. The zero-order chi connectivity index (χ0) is 13.9. The second-order valence-corrected chi connectivity index (χ2v) is 8.56. The lowest BCUT2D eigenvalue weighted by Gasteiger charge is -2.03. The molecule has 0 aromatic carbocycles. The zero-order valence-electron chi connectivity index (χ0n) is 10.9. The number of thiazole rings is 1. The smallest absolute Gasteiger partial charge is 0.229 e. The lowest BCUT2D eigenvalue weighted by Crippen LogP contribution is -2.15. The second-order valence-electron chi connectivity index (χ2n) is 6.22. The van der Waals surface area contributed by atoms with Crippen LogP contribution in [0.2, 0.25) is 0 Å². The maximum atomic E-state index is 12.3. The highest BCUT2D eigenvalue weighted by molar-refractivity contribution is 7.13. The van der Waals surface area contributed by atoms with Crippen molar-refractivity contribution >= 4 is 45.6 Å². The number of nitrogens with one attached hydrogen (secondary N) is 1. The van der Waals surface area contributed by atoms with Crippen LogP contribution in [0.1, 0.15) is 25.7 Å². The van der Waals surface area contributed by atoms with Gasteiger partial charge in [-0.1, -0.05) is 0 Å². The van der Waals surface area contributed by atoms with Gasteiger partial charge in [0, 0.05) is 17.5 Å². The van der Waals surface area contributed by atoms with Crippen molar-refractivity contribution in [2.24, 2.45) is 29.6 Å². The van der Waals surface area contributed by atoms with E-state index in [1.165, 1.54) is 11.3 Å². The van der Waals surface area contributed by atoms with Crippen molar-refractivity contribution in [3.63, 3.8) is 0 Å². The molecule has 3 nitrogen and oxygen atoms in total. The molecule has 1 heterocycles. The van der Waals surface area contributed by atoms with Crippen molar-refractivity contribution < 1.29 is 4.79 Å². The first kappa shape index (κ1) is 13.4. The summed E-state index contributed by atoms with van der Waals surface area (Å²) in [6.07, 6.45) is 6.02. The quantitative estimate of drug-likeness (QED) is 0.834. The molecule has 1 aromatic heterocycles. The third-order valence-corrected chi connectivity index (χ3v) is 7.09. The summed E-state index contributed by atoms with van der Waals surface area (Å²) in [6, 6.07) is 0. The van der Waals surface area contributed by atoms with Gasteiger partial charge in [-0.15, -0.1) is 34.5 Å². The van der Waals surface area contributed by atoms with Crippen LogP contribution < -0.4 is 5.32 Å². The van der Waals surface area contributed by atoms with Gasteiger partial charge in [-0.2, -0.15) is 0 Å². The van der Waals surface area contributed by atoms with Crippen molar-refractivity contribution in [3.8, 4) is 0 Å². The van der Waals surface area contributed by atoms with E-state index in [-0.39, 0.29) is 11.8 Å². The fraction of sp³-hybridized carbons (Fsp3) is 0.714. The number of carbonyl (C=O) groups excluding carboxylic acids is 1. The molecule has 0 aliphatic heterocycles. The molecule has 4 rings (SSSR count). The molecule has 0 spiro atoms. The molecule has 0 saturated heterocycles. The number of carbonyl (C=O) groups is 1. The van der Waals surface area contributed by atoms with Crippen LogP contribution in [0.15, 0.2) is 11.6 Å². The number of rotatable bonds is 2. The third-order valence-electron chi connectivity index (χ3n) is 5.28. The lowest BCUT2D eigenvalue weighted by molar-refractivity contribution is -0.117. The molecule has 0 radical (unpaired) electrons. The Morgan fingerprint density at radius 3 is 2.45 bits per heavy atom. The van der Waals surface area contributed by atoms with Crippen molar-refractivity contribution in [3.05, 3.63) is 11.6 Å². The Balaban J connectivity index is 1.38. The molecule has 108 valence electrons. The average molecular weight is 331 g/mol. The number of halogens is 2. The van der Waals surface area contributed by atoms with E-state index >= 15 is 0 Å². The summed E-state index contributed by atoms with van der Waals surface area (Å²) in [4.78, 5) is 16.4. The Labute approximate surface area is 132 Å². The van der Waals surface area contributed by atoms with Crippen LogP contribution >= 0.6 is 34.5 Å². The molecule has 3 saturated carbocycles. The van der Waals surface area contributed by atoms with Gasteiger partial charge in [0.1, 0.15) is 4.33 Å². The molecule has 1 unspecified atom stereocenters. The fourth-order valence-corrected chi connectivity index (χ4v) is 5.54. The van der Waals surface area contributed by atoms with E-state index in [0.717, 1.165) is 25.7 Å². The standard InChI is InChI=1S/C14H16Cl2N2OS/c15-14(16)9-3-1-7-8(2-4-10(9)14)11(7)12(19)18-13-17-5-6-20-13/h5-11H,1-4H2,(H,17,18,19)/t7-,8-,9-,10+,11?/m1/s1. The highest BCUT2D eigenvalue weighted by Crippen LogP contribution is 2.67. The second kappa shape index (κ2) is 4.59. The predicted molar refractivity (Wildman–Crippen MR) is 81.1 cm³/mol. The number of aromatic nitrogens is 1. The molecule has 3 aliphatic rings. The highest BCUT2D eigenvalue weighted by atomic mass is 35.5. The summed E-state index contributed by atoms with van der Waals surface area (Å²) in [5.74, 6) is 2.29. The van der Waals surface area contributed by atoms with E-state index in [1.54, 1.807) is 6.20 Å². The van der Waals surface area contributed by atoms with Crippen LogP contribution in [0.4, 0.5) is 5.13 Å². The molecule has 1 N–H and O–H groups in total. The van der Waals surface area contributed by atoms with Gasteiger partial charge in [-0.05, 0) is 49.4 Å². The Hall–Kier alpha value is -0.320. The lowest BCUT2D eigenvalue weighted by atomic mass is 10.0. The Morgan fingerprint density at radius 2 is 1.90 bits per heavy atom. The van der Waals surface area contributed by atoms with Crippen LogP contribution in [0.25, 0.3) is 0 Å². The molecule has 3 fully saturated rings. The van der Waals surface area contributed by atoms with Crippen molar-refractivity contribution in [1.82, 2.24) is 4.98 Å². The van der Waals surface area contributed by atoms with Gasteiger partial charge in [0.05, 0.1) is 0 Å². The van der Waals surface area contributed by atoms with Gasteiger partial charge in [-0.3, -0.25) is 4.79 Å². The van der Waals surface area contributed by atoms with Gasteiger partial charge in [0.15, 0.2) is 5.13 Å². The van der Waals surface area contributed by atoms with Gasteiger partial charge in [0.25, 0.3) is 0 Å². The third kappa shape index (κ3) is 2.08. The van der Waals surface area contributed by atoms with Crippen molar-refractivity contribution in [2.75, 3.05) is 5.32 Å². The fourth-order valence-electron chi connectivity index (χ4n) is 4.09. The van der Waals surface area contributed by atoms with Crippen LogP contribution in [0.5, 0.6) is 0 Å². The summed E-state index contributed by atoms with van der Waals surface area (Å²) in [7, 11) is 0. The summed E-state index contributed by atoms with van der Waals surface area (Å²) in [6.45, 7) is 0. The van der Waals surface area contributed by atoms with E-state index in [0.29, 0.717) is 28.8 Å². The Kier molecular flexibility index (Phi) is 3.06. The monoisotopic (exact) mass is 330 g/mol. The van der Waals surface area contributed by atoms with Gasteiger partial charge < -0.3 is 5.32 Å². The Bertz CT molecular complexity index is 511. The molecule has 1 aromatic rings. The highest BCUT2D eigenvalue weighted by Gasteiger charge is 2.65. The van der Waals surface area contributed by atoms with Crippen molar-refractivity contribution in [2.45, 2.75) is 30.0 Å². The summed E-state index contributed by atoms with van der Waals surface area (Å²) in [5.41, 5.74) is 0. The number of fused-ring (bicyclic) bond motifs is 2. The molecule has 5 atom stereocenters. The summed E-state index contributed by atoms with van der Waals surface area (Å²) in [5, 5.41) is 5.52. The number of anilines is 1. The van der Waals surface area contributed by atoms with E-state index in [2.05, 4.69) is 10.3 Å². The van der Waals surface area contributed by atoms with Gasteiger partial charge in [0.2, 0.25) is 5.91 Å². The van der Waals surface area contributed by atoms with Crippen LogP contribution in [-0.4, -0.2) is 15.2 Å². The van der Waals surface area contributed by atoms with Crippen molar-refractivity contribution in [1.29, 1.82) is 0 Å². The van der Waals surface area contributed by atoms with E-state index in [1.807, 2.05) is 5.38 Å². The van der Waals surface area contributed by atoms with Crippen LogP contribution in [0.3, 0.4) is 0 Å². The topological polar surface area (TPSA) is 42.0 Å². The Morgan fingerprint density at radius 1 is 1.25 bits per heavy atom. The van der Waals surface area contributed by atoms with Gasteiger partial charge >= 0.3 is 0 Å². The summed E-state index contributed by atoms with van der Waals surface area (Å²) >= 11 is 14.1. The zero-order valence-corrected chi connectivity index (χ0v) is 13.2. The minimum Gasteiger partial charge on any atom is -0.302 e. The average Bonchev–Trinajstić information content (AvgIpc) is 3.04. The number of nitrogens with zero attached hydrogens (tertiary/aromatic N) is 1. The van der Waals surface area contributed by atoms with Crippen LogP contribution in [-0.2, 0) is 4.79 Å². The van der Waals surface area contributed by atoms with E-state index < -0.39 is 4.33 Å². The van der Waals surface area contributed by atoms with E-state index in [9.17, 15) is 4.79 Å². The minimum absolute atomic E-state index is 0.147. The number of alkyl halides is 2. The number of hydrogen-bond donors (Lipinski definition) is 1. The SMILES string of the molecule is O=C(Nc1nccs1)C1[C@@H]2CC[C@@H]3[C@H](CC[C@@H]12)C3(Cl)Cl. The normalized spacial score (nSPS) is 40.8. The summed E-state index contributed by atoms with van der Waals surface area (Å²) < 4.78 is -0.477. The molecule has 0 bridgehead atoms. The first-order chi connectivity index (χ1) is 9.59. The molecule has 3 aliphatic carbocycles. The maximum absolute atomic E-state index is 12.3. The van der Waals surface area contributed by atoms with E-state index in [4.69, 9.17) is 23.2 Å². The number of hydrogen-bond acceptors (Lipinski definition) is 3. The molecular formula is C14H16Cl2N2OS. The van der Waals surface area contributed by atoms with Gasteiger partial charge in [-0.25, -0.2) is 4.98 Å². The molecule has 1 amide bonds. The molecule has 6 heteroatoms. The molecular weight excluding hydrogens is 315 g/mol. The van der Waals surface area contributed by atoms with Crippen LogP contribution in [0, 0.1) is 29.6 Å². The first-order valence-corrected chi connectivity index (χ1v) is 8.80.